The van der Waals surface area contributed by atoms with Gasteiger partial charge in [-0.2, -0.15) is 5.10 Å². The summed E-state index contributed by atoms with van der Waals surface area (Å²) in [5, 5.41) is 7.45. The molecule has 1 aliphatic carbocycles. The second-order valence-corrected chi connectivity index (χ2v) is 9.40. The van der Waals surface area contributed by atoms with Gasteiger partial charge in [0.1, 0.15) is 5.82 Å². The lowest BCUT2D eigenvalue weighted by molar-refractivity contribution is -0.126. The van der Waals surface area contributed by atoms with Crippen LogP contribution in [0.2, 0.25) is 0 Å². The predicted molar refractivity (Wildman–Crippen MR) is 127 cm³/mol. The second kappa shape index (κ2) is 8.97. The number of amides is 2. The van der Waals surface area contributed by atoms with Gasteiger partial charge in [-0.05, 0) is 43.2 Å². The van der Waals surface area contributed by atoms with Crippen LogP contribution in [-0.4, -0.2) is 39.3 Å². The highest BCUT2D eigenvalue weighted by Gasteiger charge is 2.35. The van der Waals surface area contributed by atoms with Crippen molar-refractivity contribution in [3.63, 3.8) is 0 Å². The minimum Gasteiger partial charge on any atom is -0.354 e. The summed E-state index contributed by atoms with van der Waals surface area (Å²) in [7, 11) is 0. The number of halogens is 1. The Morgan fingerprint density at radius 1 is 1.06 bits per heavy atom. The number of nitrogens with one attached hydrogen (secondary N) is 1. The Labute approximate surface area is 199 Å². The lowest BCUT2D eigenvalue weighted by atomic mass is 10.1. The van der Waals surface area contributed by atoms with Crippen molar-refractivity contribution in [3.05, 3.63) is 75.4 Å². The van der Waals surface area contributed by atoms with E-state index in [0.717, 1.165) is 34.5 Å². The number of anilines is 1. The minimum absolute atomic E-state index is 0.0693. The van der Waals surface area contributed by atoms with Crippen molar-refractivity contribution < 1.29 is 9.59 Å². The van der Waals surface area contributed by atoms with Gasteiger partial charge in [-0.3, -0.25) is 9.59 Å². The van der Waals surface area contributed by atoms with Crippen molar-refractivity contribution in [1.29, 1.82) is 0 Å². The van der Waals surface area contributed by atoms with Crippen molar-refractivity contribution >= 4 is 33.4 Å². The molecule has 2 amide bonds. The molecular weight excluding hydrogens is 486 g/mol. The Hall–Kier alpha value is -3.20. The fourth-order valence-corrected chi connectivity index (χ4v) is 4.59. The summed E-state index contributed by atoms with van der Waals surface area (Å²) >= 11 is 3.42. The quantitative estimate of drug-likeness (QED) is 0.530. The number of carbonyl (C=O) groups is 2. The van der Waals surface area contributed by atoms with Crippen molar-refractivity contribution in [1.82, 2.24) is 19.7 Å². The zero-order chi connectivity index (χ0) is 22.9. The summed E-state index contributed by atoms with van der Waals surface area (Å²) in [5.74, 6) is 0.418. The van der Waals surface area contributed by atoms with Gasteiger partial charge in [0.2, 0.25) is 11.8 Å². The highest BCUT2D eigenvalue weighted by Crippen LogP contribution is 2.39. The summed E-state index contributed by atoms with van der Waals surface area (Å²) in [5.41, 5.74) is 1.38. The largest absolute Gasteiger partial charge is 0.354 e. The lowest BCUT2D eigenvalue weighted by Gasteiger charge is -2.17. The van der Waals surface area contributed by atoms with Crippen molar-refractivity contribution in [3.8, 4) is 5.69 Å². The first-order valence-corrected chi connectivity index (χ1v) is 11.9. The van der Waals surface area contributed by atoms with Crippen LogP contribution in [-0.2, 0) is 16.1 Å². The van der Waals surface area contributed by atoms with Gasteiger partial charge in [-0.25, -0.2) is 14.0 Å². The molecule has 5 rings (SSSR count). The summed E-state index contributed by atoms with van der Waals surface area (Å²) in [6, 6.07) is 17.0. The molecule has 0 bridgehead atoms. The summed E-state index contributed by atoms with van der Waals surface area (Å²) in [6.45, 7) is 0.895. The number of hydrogen-bond donors (Lipinski definition) is 1. The smallest absolute Gasteiger partial charge is 0.350 e. The monoisotopic (exact) mass is 509 g/mol. The molecule has 1 saturated carbocycles. The van der Waals surface area contributed by atoms with Crippen molar-refractivity contribution in [2.24, 2.45) is 5.92 Å². The van der Waals surface area contributed by atoms with Crippen molar-refractivity contribution in [2.75, 3.05) is 18.0 Å². The number of benzene rings is 2. The Kier molecular flexibility index (Phi) is 5.88. The highest BCUT2D eigenvalue weighted by molar-refractivity contribution is 9.10. The molecule has 1 unspecified atom stereocenters. The molecule has 2 heterocycles. The van der Waals surface area contributed by atoms with Gasteiger partial charge < -0.3 is 10.2 Å². The third-order valence-electron chi connectivity index (χ3n) is 6.06. The Bertz CT molecular complexity index is 1250. The molecule has 2 aliphatic rings. The topological polar surface area (TPSA) is 89.2 Å². The zero-order valence-corrected chi connectivity index (χ0v) is 19.6. The first-order chi connectivity index (χ1) is 16.0. The maximum Gasteiger partial charge on any atom is 0.350 e. The molecule has 8 nitrogen and oxygen atoms in total. The van der Waals surface area contributed by atoms with Gasteiger partial charge in [0.15, 0.2) is 0 Å². The van der Waals surface area contributed by atoms with E-state index in [1.807, 2.05) is 54.6 Å². The summed E-state index contributed by atoms with van der Waals surface area (Å²) in [6.07, 6.45) is 2.24. The van der Waals surface area contributed by atoms with Crippen LogP contribution in [0.4, 0.5) is 5.69 Å². The normalized spacial score (nSPS) is 18.0. The van der Waals surface area contributed by atoms with Gasteiger partial charge >= 0.3 is 5.69 Å². The molecule has 3 aromatic rings. The van der Waals surface area contributed by atoms with Crippen molar-refractivity contribution in [2.45, 2.75) is 31.7 Å². The summed E-state index contributed by atoms with van der Waals surface area (Å²) in [4.78, 5) is 39.8. The molecule has 1 atom stereocenters. The van der Waals surface area contributed by atoms with Crippen LogP contribution in [0.3, 0.4) is 0 Å². The Morgan fingerprint density at radius 3 is 2.55 bits per heavy atom. The van der Waals surface area contributed by atoms with Gasteiger partial charge in [-0.1, -0.05) is 40.2 Å². The predicted octanol–water partition coefficient (Wildman–Crippen LogP) is 2.84. The number of aromatic nitrogens is 3. The third kappa shape index (κ3) is 4.50. The molecule has 170 valence electrons. The minimum atomic E-state index is -0.419. The molecule has 0 radical (unpaired) electrons. The fourth-order valence-electron chi connectivity index (χ4n) is 4.20. The van der Waals surface area contributed by atoms with E-state index in [9.17, 15) is 14.4 Å². The van der Waals surface area contributed by atoms with Crippen LogP contribution in [0, 0.1) is 5.92 Å². The van der Waals surface area contributed by atoms with E-state index in [4.69, 9.17) is 0 Å². The maximum atomic E-state index is 13.0. The van der Waals surface area contributed by atoms with E-state index in [0.29, 0.717) is 12.5 Å². The maximum absolute atomic E-state index is 13.0. The number of carbonyl (C=O) groups excluding carboxylic acids is 2. The molecule has 1 aliphatic heterocycles. The molecule has 9 heteroatoms. The first kappa shape index (κ1) is 21.6. The number of nitrogens with zero attached hydrogens (tertiary/aromatic N) is 4. The van der Waals surface area contributed by atoms with E-state index in [-0.39, 0.29) is 37.0 Å². The van der Waals surface area contributed by atoms with Crippen LogP contribution in [0.5, 0.6) is 0 Å². The average molecular weight is 510 g/mol. The van der Waals surface area contributed by atoms with Crippen LogP contribution < -0.4 is 15.9 Å². The first-order valence-electron chi connectivity index (χ1n) is 11.1. The summed E-state index contributed by atoms with van der Waals surface area (Å²) < 4.78 is 3.98. The zero-order valence-electron chi connectivity index (χ0n) is 18.0. The van der Waals surface area contributed by atoms with E-state index in [2.05, 4.69) is 26.3 Å². The number of rotatable bonds is 7. The number of hydrogen-bond acceptors (Lipinski definition) is 4. The molecular formula is C24H24BrN5O3. The van der Waals surface area contributed by atoms with Gasteiger partial charge in [-0.15, -0.1) is 0 Å². The molecule has 0 spiro atoms. The van der Waals surface area contributed by atoms with E-state index < -0.39 is 5.92 Å². The lowest BCUT2D eigenvalue weighted by Crippen LogP contribution is -2.36. The second-order valence-electron chi connectivity index (χ2n) is 8.49. The molecule has 1 N–H and O–H groups in total. The molecule has 2 fully saturated rings. The number of para-hydroxylation sites is 1. The van der Waals surface area contributed by atoms with E-state index in [1.165, 1.54) is 4.68 Å². The van der Waals surface area contributed by atoms with Crippen LogP contribution in [0.15, 0.2) is 63.9 Å². The fraction of sp³-hybridized carbons (Fsp3) is 0.333. The highest BCUT2D eigenvalue weighted by atomic mass is 79.9. The third-order valence-corrected chi connectivity index (χ3v) is 6.55. The molecule has 2 aromatic carbocycles. The van der Waals surface area contributed by atoms with E-state index in [1.54, 1.807) is 9.47 Å². The SMILES string of the molecule is O=C(NCCn1nc(C2CC2)n(-c2ccccc2)c1=O)C1CC(=O)N(c2cccc(Br)c2)C1. The molecule has 1 aromatic heterocycles. The van der Waals surface area contributed by atoms with Crippen LogP contribution in [0.1, 0.15) is 31.0 Å². The Morgan fingerprint density at radius 2 is 1.82 bits per heavy atom. The van der Waals surface area contributed by atoms with Gasteiger partial charge in [0.05, 0.1) is 18.2 Å². The van der Waals surface area contributed by atoms with E-state index >= 15 is 0 Å². The molecule has 1 saturated heterocycles. The standard InChI is InChI=1S/C24H24BrN5O3/c25-18-5-4-8-20(14-18)28-15-17(13-21(28)31)23(32)26-11-12-29-24(33)30(19-6-2-1-3-7-19)22(27-29)16-9-10-16/h1-8,14,16-17H,9-13,15H2,(H,26,32). The van der Waals surface area contributed by atoms with Crippen LogP contribution in [0.25, 0.3) is 5.69 Å². The van der Waals surface area contributed by atoms with Crippen LogP contribution >= 0.6 is 15.9 Å². The van der Waals surface area contributed by atoms with Gasteiger partial charge in [0.25, 0.3) is 0 Å². The molecule has 33 heavy (non-hydrogen) atoms. The Balaban J connectivity index is 1.23. The average Bonchev–Trinajstić information content (AvgIpc) is 3.51. The van der Waals surface area contributed by atoms with Gasteiger partial charge in [0, 0.05) is 35.6 Å².